The van der Waals surface area contributed by atoms with Gasteiger partial charge in [-0.15, -0.1) is 0 Å². The van der Waals surface area contributed by atoms with Crippen molar-refractivity contribution in [1.82, 2.24) is 19.9 Å². The summed E-state index contributed by atoms with van der Waals surface area (Å²) in [5.41, 5.74) is 11.9. The summed E-state index contributed by atoms with van der Waals surface area (Å²) in [6.45, 7) is 1.90. The third-order valence-corrected chi connectivity index (χ3v) is 2.51. The van der Waals surface area contributed by atoms with Crippen LogP contribution in [-0.4, -0.2) is 19.9 Å². The van der Waals surface area contributed by atoms with Gasteiger partial charge in [0.1, 0.15) is 10.8 Å². The van der Waals surface area contributed by atoms with Crippen LogP contribution in [0.15, 0.2) is 28.5 Å². The van der Waals surface area contributed by atoms with Crippen molar-refractivity contribution < 1.29 is 0 Å². The van der Waals surface area contributed by atoms with Crippen molar-refractivity contribution in [2.24, 2.45) is 0 Å². The number of nitrogens with two attached hydrogens (primary N) is 2. The maximum Gasteiger partial charge on any atom is 0.223 e. The summed E-state index contributed by atoms with van der Waals surface area (Å²) in [5, 5.41) is 1.24. The van der Waals surface area contributed by atoms with Crippen molar-refractivity contribution in [3.05, 3.63) is 24.0 Å². The molecule has 0 radical (unpaired) electrons. The molecule has 0 aromatic carbocycles. The lowest BCUT2D eigenvalue weighted by molar-refractivity contribution is 0.926. The fourth-order valence-electron chi connectivity index (χ4n) is 1.08. The van der Waals surface area contributed by atoms with Gasteiger partial charge < -0.3 is 11.5 Å². The molecule has 0 fully saturated rings. The molecule has 7 heteroatoms. The summed E-state index contributed by atoms with van der Waals surface area (Å²) < 4.78 is 0. The highest BCUT2D eigenvalue weighted by atomic mass is 32.2. The molecule has 82 valence electrons. The second-order valence-electron chi connectivity index (χ2n) is 3.07. The molecule has 0 unspecified atom stereocenters. The Hall–Kier alpha value is -1.89. The molecule has 0 aliphatic carbocycles. The molecule has 2 aromatic heterocycles. The zero-order valence-electron chi connectivity index (χ0n) is 8.58. The van der Waals surface area contributed by atoms with Crippen LogP contribution in [0.1, 0.15) is 5.69 Å². The summed E-state index contributed by atoms with van der Waals surface area (Å²) >= 11 is 1.30. The van der Waals surface area contributed by atoms with Gasteiger partial charge >= 0.3 is 0 Å². The summed E-state index contributed by atoms with van der Waals surface area (Å²) in [7, 11) is 0. The Morgan fingerprint density at radius 2 is 2.00 bits per heavy atom. The van der Waals surface area contributed by atoms with E-state index in [0.29, 0.717) is 16.0 Å². The van der Waals surface area contributed by atoms with E-state index in [9.17, 15) is 0 Å². The van der Waals surface area contributed by atoms with Crippen LogP contribution in [-0.2, 0) is 0 Å². The van der Waals surface area contributed by atoms with E-state index in [1.165, 1.54) is 11.8 Å². The fourth-order valence-corrected chi connectivity index (χ4v) is 1.89. The van der Waals surface area contributed by atoms with Crippen LogP contribution < -0.4 is 11.5 Å². The smallest absolute Gasteiger partial charge is 0.223 e. The Labute approximate surface area is 96.5 Å². The van der Waals surface area contributed by atoms with Crippen molar-refractivity contribution >= 4 is 23.5 Å². The van der Waals surface area contributed by atoms with Crippen LogP contribution in [0.2, 0.25) is 0 Å². The largest absolute Gasteiger partial charge is 0.383 e. The van der Waals surface area contributed by atoms with E-state index in [0.717, 1.165) is 5.69 Å². The van der Waals surface area contributed by atoms with Crippen LogP contribution in [0, 0.1) is 6.92 Å². The number of hydrogen-bond acceptors (Lipinski definition) is 7. The summed E-state index contributed by atoms with van der Waals surface area (Å²) in [5.74, 6) is 0.484. The maximum atomic E-state index is 5.56. The molecule has 2 rings (SSSR count). The highest BCUT2D eigenvalue weighted by Crippen LogP contribution is 2.23. The van der Waals surface area contributed by atoms with Crippen LogP contribution >= 0.6 is 11.8 Å². The molecule has 0 atom stereocenters. The van der Waals surface area contributed by atoms with E-state index in [1.807, 2.05) is 13.0 Å². The summed E-state index contributed by atoms with van der Waals surface area (Å²) in [6.07, 6.45) is 1.69. The molecule has 0 aliphatic heterocycles. The molecule has 0 bridgehead atoms. The van der Waals surface area contributed by atoms with E-state index in [1.54, 1.807) is 12.3 Å². The average molecular weight is 234 g/mol. The summed E-state index contributed by atoms with van der Waals surface area (Å²) in [6, 6.07) is 3.46. The lowest BCUT2D eigenvalue weighted by atomic mass is 10.5. The van der Waals surface area contributed by atoms with Gasteiger partial charge in [0.2, 0.25) is 5.95 Å². The maximum absolute atomic E-state index is 5.56. The number of aromatic nitrogens is 4. The third-order valence-electron chi connectivity index (χ3n) is 1.71. The minimum absolute atomic E-state index is 0.148. The Bertz CT molecular complexity index is 495. The van der Waals surface area contributed by atoms with E-state index in [2.05, 4.69) is 19.9 Å². The Morgan fingerprint density at radius 3 is 2.69 bits per heavy atom. The number of nitrogens with zero attached hydrogens (tertiary/aromatic N) is 4. The summed E-state index contributed by atoms with van der Waals surface area (Å²) in [4.78, 5) is 16.2. The van der Waals surface area contributed by atoms with Gasteiger partial charge in [-0.1, -0.05) is 0 Å². The molecular formula is C9H10N6S. The molecule has 4 N–H and O–H groups in total. The SMILES string of the molecule is Cc1ccnc(Sc2cc(N)nc(N)n2)n1. The van der Waals surface area contributed by atoms with Gasteiger partial charge in [0, 0.05) is 18.0 Å². The predicted molar refractivity (Wildman–Crippen MR) is 61.7 cm³/mol. The molecule has 6 nitrogen and oxygen atoms in total. The van der Waals surface area contributed by atoms with Gasteiger partial charge in [-0.05, 0) is 24.8 Å². The second-order valence-corrected chi connectivity index (χ2v) is 4.06. The minimum atomic E-state index is 0.148. The Morgan fingerprint density at radius 1 is 1.19 bits per heavy atom. The quantitative estimate of drug-likeness (QED) is 0.587. The highest BCUT2D eigenvalue weighted by molar-refractivity contribution is 7.99. The molecule has 0 amide bonds. The normalized spacial score (nSPS) is 10.3. The zero-order valence-corrected chi connectivity index (χ0v) is 9.40. The number of aryl methyl sites for hydroxylation is 1. The monoisotopic (exact) mass is 234 g/mol. The lowest BCUT2D eigenvalue weighted by Crippen LogP contribution is -2.00. The van der Waals surface area contributed by atoms with Gasteiger partial charge in [0.25, 0.3) is 0 Å². The van der Waals surface area contributed by atoms with Gasteiger partial charge in [0.05, 0.1) is 0 Å². The first kappa shape index (κ1) is 10.6. The number of rotatable bonds is 2. The molecule has 0 saturated heterocycles. The second kappa shape index (κ2) is 4.31. The predicted octanol–water partition coefficient (Wildman–Crippen LogP) is 0.891. The first-order chi connectivity index (χ1) is 7.63. The van der Waals surface area contributed by atoms with Crippen LogP contribution in [0.4, 0.5) is 11.8 Å². The van der Waals surface area contributed by atoms with Gasteiger partial charge in [-0.25, -0.2) is 15.0 Å². The Kier molecular flexibility index (Phi) is 2.86. The van der Waals surface area contributed by atoms with E-state index >= 15 is 0 Å². The molecule has 0 spiro atoms. The molecular weight excluding hydrogens is 224 g/mol. The standard InChI is InChI=1S/C9H10N6S/c1-5-2-3-12-9(13-5)16-7-4-6(10)14-8(11)15-7/h2-4H,1H3,(H4,10,11,14,15). The first-order valence-corrected chi connectivity index (χ1v) is 5.32. The number of nitrogen functional groups attached to an aromatic ring is 2. The topological polar surface area (TPSA) is 104 Å². The van der Waals surface area contributed by atoms with Gasteiger partial charge in [-0.2, -0.15) is 4.98 Å². The van der Waals surface area contributed by atoms with Crippen molar-refractivity contribution in [3.63, 3.8) is 0 Å². The number of anilines is 2. The van der Waals surface area contributed by atoms with Crippen LogP contribution in [0.3, 0.4) is 0 Å². The molecule has 2 aromatic rings. The first-order valence-electron chi connectivity index (χ1n) is 4.51. The van der Waals surface area contributed by atoms with Gasteiger partial charge in [0.15, 0.2) is 5.16 Å². The molecule has 0 aliphatic rings. The van der Waals surface area contributed by atoms with Crippen molar-refractivity contribution in [2.75, 3.05) is 11.5 Å². The Balaban J connectivity index is 2.27. The van der Waals surface area contributed by atoms with Gasteiger partial charge in [-0.3, -0.25) is 0 Å². The molecule has 16 heavy (non-hydrogen) atoms. The number of hydrogen-bond donors (Lipinski definition) is 2. The highest BCUT2D eigenvalue weighted by Gasteiger charge is 2.04. The average Bonchev–Trinajstić information content (AvgIpc) is 2.15. The fraction of sp³-hybridized carbons (Fsp3) is 0.111. The van der Waals surface area contributed by atoms with Crippen LogP contribution in [0.5, 0.6) is 0 Å². The van der Waals surface area contributed by atoms with E-state index < -0.39 is 0 Å². The zero-order chi connectivity index (χ0) is 11.5. The minimum Gasteiger partial charge on any atom is -0.383 e. The van der Waals surface area contributed by atoms with Crippen LogP contribution in [0.25, 0.3) is 0 Å². The molecule has 2 heterocycles. The van der Waals surface area contributed by atoms with Crippen molar-refractivity contribution in [3.8, 4) is 0 Å². The van der Waals surface area contributed by atoms with E-state index in [4.69, 9.17) is 11.5 Å². The van der Waals surface area contributed by atoms with Crippen molar-refractivity contribution in [2.45, 2.75) is 17.1 Å². The molecule has 0 saturated carbocycles. The lowest BCUT2D eigenvalue weighted by Gasteiger charge is -2.01. The van der Waals surface area contributed by atoms with Crippen molar-refractivity contribution in [1.29, 1.82) is 0 Å². The van der Waals surface area contributed by atoms with E-state index in [-0.39, 0.29) is 5.95 Å². The third kappa shape index (κ3) is 2.57.